The van der Waals surface area contributed by atoms with Crippen LogP contribution in [0.3, 0.4) is 0 Å². The monoisotopic (exact) mass is 465 g/mol. The van der Waals surface area contributed by atoms with E-state index in [9.17, 15) is 4.79 Å². The van der Waals surface area contributed by atoms with Gasteiger partial charge in [0.15, 0.2) is 5.76 Å². The first-order chi connectivity index (χ1) is 17.8. The molecule has 36 heavy (non-hydrogen) atoms. The number of hydrogen-bond acceptors (Lipinski definition) is 4. The van der Waals surface area contributed by atoms with Crippen LogP contribution in [0.5, 0.6) is 0 Å². The van der Waals surface area contributed by atoms with Crippen molar-refractivity contribution in [3.8, 4) is 11.6 Å². The summed E-state index contributed by atoms with van der Waals surface area (Å²) in [6, 6.07) is 35.5. The largest absolute Gasteiger partial charge is 0.453 e. The van der Waals surface area contributed by atoms with E-state index in [0.29, 0.717) is 22.5 Å². The molecule has 2 heterocycles. The molecule has 0 N–H and O–H groups in total. The second-order valence-corrected chi connectivity index (χ2v) is 8.70. The topological polar surface area (TPSA) is 60.4 Å². The Labute approximate surface area is 205 Å². The van der Waals surface area contributed by atoms with Crippen molar-refractivity contribution in [2.45, 2.75) is 0 Å². The number of hydrogen-bond donors (Lipinski definition) is 0. The molecule has 7 aromatic rings. The summed E-state index contributed by atoms with van der Waals surface area (Å²) in [7, 11) is 0. The van der Waals surface area contributed by atoms with Crippen molar-refractivity contribution >= 4 is 49.6 Å². The molecule has 0 saturated carbocycles. The molecule has 0 fully saturated rings. The number of fused-ring (bicyclic) bond motifs is 4. The lowest BCUT2D eigenvalue weighted by molar-refractivity contribution is 0.616. The normalized spacial score (nSPS) is 11.9. The van der Waals surface area contributed by atoms with E-state index in [4.69, 9.17) is 14.5 Å². The van der Waals surface area contributed by atoms with Crippen LogP contribution in [0.15, 0.2) is 124 Å². The van der Waals surface area contributed by atoms with Crippen molar-refractivity contribution in [1.82, 2.24) is 9.66 Å². The van der Waals surface area contributed by atoms with Gasteiger partial charge in [0.1, 0.15) is 5.58 Å². The lowest BCUT2D eigenvalue weighted by Gasteiger charge is -2.10. The molecule has 170 valence electrons. The molecule has 0 spiro atoms. The average molecular weight is 466 g/mol. The SMILES string of the molecule is O=c1c2ccccc2nc(-c2cc3ccccc3o2)n1N=Cc1c2ccccc2cc2ccccc12. The Balaban J connectivity index is 1.51. The smallest absolute Gasteiger partial charge is 0.282 e. The minimum Gasteiger partial charge on any atom is -0.453 e. The summed E-state index contributed by atoms with van der Waals surface area (Å²) >= 11 is 0. The third-order valence-corrected chi connectivity index (χ3v) is 6.51. The standard InChI is InChI=1S/C31H19N3O2/c35-31-25-14-6-7-15-27(25)33-30(29-18-22-11-3-8-16-28(22)36-29)34(31)32-19-26-23-12-4-1-9-20(23)17-21-10-2-5-13-24(21)26/h1-19H. The van der Waals surface area contributed by atoms with Gasteiger partial charge in [0.2, 0.25) is 5.82 Å². The van der Waals surface area contributed by atoms with Gasteiger partial charge in [-0.2, -0.15) is 9.78 Å². The number of para-hydroxylation sites is 2. The molecule has 5 nitrogen and oxygen atoms in total. The number of furan rings is 1. The first-order valence-corrected chi connectivity index (χ1v) is 11.7. The quantitative estimate of drug-likeness (QED) is 0.209. The average Bonchev–Trinajstić information content (AvgIpc) is 3.36. The highest BCUT2D eigenvalue weighted by atomic mass is 16.3. The lowest BCUT2D eigenvalue weighted by atomic mass is 9.97. The zero-order chi connectivity index (χ0) is 24.1. The fourth-order valence-electron chi connectivity index (χ4n) is 4.79. The van der Waals surface area contributed by atoms with Crippen LogP contribution < -0.4 is 5.56 Å². The minimum atomic E-state index is -0.253. The van der Waals surface area contributed by atoms with Gasteiger partial charge >= 0.3 is 0 Å². The van der Waals surface area contributed by atoms with Gasteiger partial charge < -0.3 is 4.42 Å². The fraction of sp³-hybridized carbons (Fsp3) is 0. The van der Waals surface area contributed by atoms with E-state index in [-0.39, 0.29) is 5.56 Å². The molecular formula is C31H19N3O2. The van der Waals surface area contributed by atoms with Gasteiger partial charge in [0.25, 0.3) is 5.56 Å². The Morgan fingerprint density at radius 1 is 0.694 bits per heavy atom. The highest BCUT2D eigenvalue weighted by Gasteiger charge is 2.16. The Morgan fingerprint density at radius 2 is 1.31 bits per heavy atom. The van der Waals surface area contributed by atoms with E-state index in [1.807, 2.05) is 72.8 Å². The molecule has 7 rings (SSSR count). The lowest BCUT2D eigenvalue weighted by Crippen LogP contribution is -2.20. The van der Waals surface area contributed by atoms with Crippen molar-refractivity contribution in [1.29, 1.82) is 0 Å². The van der Waals surface area contributed by atoms with E-state index >= 15 is 0 Å². The number of rotatable bonds is 3. The molecular weight excluding hydrogens is 446 g/mol. The van der Waals surface area contributed by atoms with Gasteiger partial charge in [0.05, 0.1) is 17.1 Å². The van der Waals surface area contributed by atoms with E-state index in [0.717, 1.165) is 38.1 Å². The van der Waals surface area contributed by atoms with Crippen LogP contribution in [0, 0.1) is 0 Å². The molecule has 5 heteroatoms. The van der Waals surface area contributed by atoms with Crippen LogP contribution in [0.4, 0.5) is 0 Å². The highest BCUT2D eigenvalue weighted by molar-refractivity contribution is 6.13. The van der Waals surface area contributed by atoms with Gasteiger partial charge in [-0.15, -0.1) is 0 Å². The molecule has 0 atom stereocenters. The van der Waals surface area contributed by atoms with E-state index in [1.54, 1.807) is 12.3 Å². The van der Waals surface area contributed by atoms with Crippen LogP contribution in [-0.4, -0.2) is 15.9 Å². The van der Waals surface area contributed by atoms with Crippen LogP contribution >= 0.6 is 0 Å². The van der Waals surface area contributed by atoms with Crippen LogP contribution in [0.1, 0.15) is 5.56 Å². The number of nitrogens with zero attached hydrogens (tertiary/aromatic N) is 3. The van der Waals surface area contributed by atoms with Gasteiger partial charge in [-0.05, 0) is 51.9 Å². The molecule has 0 amide bonds. The van der Waals surface area contributed by atoms with E-state index < -0.39 is 0 Å². The van der Waals surface area contributed by atoms with Crippen LogP contribution in [0.25, 0.3) is 55.0 Å². The van der Waals surface area contributed by atoms with Gasteiger partial charge in [-0.25, -0.2) is 4.98 Å². The summed E-state index contributed by atoms with van der Waals surface area (Å²) in [4.78, 5) is 18.4. The maximum atomic E-state index is 13.7. The number of aromatic nitrogens is 2. The first kappa shape index (κ1) is 20.4. The molecule has 0 aliphatic carbocycles. The maximum Gasteiger partial charge on any atom is 0.282 e. The zero-order valence-electron chi connectivity index (χ0n) is 19.1. The minimum absolute atomic E-state index is 0.253. The van der Waals surface area contributed by atoms with Crippen molar-refractivity contribution in [2.24, 2.45) is 5.10 Å². The summed E-state index contributed by atoms with van der Waals surface area (Å²) in [6.07, 6.45) is 1.76. The molecule has 0 aliphatic heterocycles. The molecule has 0 bridgehead atoms. The maximum absolute atomic E-state index is 13.7. The molecule has 0 aliphatic rings. The fourth-order valence-corrected chi connectivity index (χ4v) is 4.79. The summed E-state index contributed by atoms with van der Waals surface area (Å²) < 4.78 is 7.44. The van der Waals surface area contributed by atoms with E-state index in [1.165, 1.54) is 4.68 Å². The van der Waals surface area contributed by atoms with Gasteiger partial charge in [0, 0.05) is 10.9 Å². The van der Waals surface area contributed by atoms with Crippen molar-refractivity contribution < 1.29 is 4.42 Å². The van der Waals surface area contributed by atoms with Crippen LogP contribution in [0.2, 0.25) is 0 Å². The molecule has 0 radical (unpaired) electrons. The van der Waals surface area contributed by atoms with Gasteiger partial charge in [-0.1, -0.05) is 78.9 Å². The van der Waals surface area contributed by atoms with E-state index in [2.05, 4.69) is 30.3 Å². The zero-order valence-corrected chi connectivity index (χ0v) is 19.1. The molecule has 2 aromatic heterocycles. The van der Waals surface area contributed by atoms with Crippen molar-refractivity contribution in [3.63, 3.8) is 0 Å². The first-order valence-electron chi connectivity index (χ1n) is 11.7. The second kappa shape index (κ2) is 8.03. The Kier molecular flexibility index (Phi) is 4.54. The van der Waals surface area contributed by atoms with Crippen molar-refractivity contribution in [3.05, 3.63) is 125 Å². The third-order valence-electron chi connectivity index (χ3n) is 6.51. The van der Waals surface area contributed by atoms with Crippen molar-refractivity contribution in [2.75, 3.05) is 0 Å². The Hall–Kier alpha value is -5.03. The van der Waals surface area contributed by atoms with Crippen LogP contribution in [-0.2, 0) is 0 Å². The van der Waals surface area contributed by atoms with Gasteiger partial charge in [-0.3, -0.25) is 4.79 Å². The Bertz CT molecular complexity index is 1950. The highest BCUT2D eigenvalue weighted by Crippen LogP contribution is 2.29. The summed E-state index contributed by atoms with van der Waals surface area (Å²) in [5.41, 5.74) is 2.02. The number of benzene rings is 5. The summed E-state index contributed by atoms with van der Waals surface area (Å²) in [5.74, 6) is 0.842. The molecule has 0 saturated heterocycles. The molecule has 5 aromatic carbocycles. The summed E-state index contributed by atoms with van der Waals surface area (Å²) in [5, 5.41) is 10.5. The predicted octanol–water partition coefficient (Wildman–Crippen LogP) is 7.00. The summed E-state index contributed by atoms with van der Waals surface area (Å²) in [6.45, 7) is 0. The second-order valence-electron chi connectivity index (χ2n) is 8.70. The third kappa shape index (κ3) is 3.21. The molecule has 0 unspecified atom stereocenters. The predicted molar refractivity (Wildman–Crippen MR) is 146 cm³/mol. The Morgan fingerprint density at radius 3 is 2.03 bits per heavy atom.